The molecule has 2 aromatic heterocycles. The van der Waals surface area contributed by atoms with E-state index in [1.165, 1.54) is 16.0 Å². The molecule has 0 aliphatic carbocycles. The summed E-state index contributed by atoms with van der Waals surface area (Å²) in [6, 6.07) is 21.2. The minimum Gasteiger partial charge on any atom is -0.475 e. The Balaban J connectivity index is 0.000000383. The lowest BCUT2D eigenvalue weighted by Gasteiger charge is -2.06. The molecule has 0 fully saturated rings. The van der Waals surface area contributed by atoms with Gasteiger partial charge in [-0.05, 0) is 48.5 Å². The summed E-state index contributed by atoms with van der Waals surface area (Å²) in [5, 5.41) is 13.7. The molecule has 0 atom stereocenters. The molecule has 10 heteroatoms. The molecule has 0 spiro atoms. The number of halogens is 3. The van der Waals surface area contributed by atoms with Crippen molar-refractivity contribution in [3.05, 3.63) is 66.2 Å². The molecule has 4 rings (SSSR count). The monoisotopic (exact) mass is 476 g/mol. The van der Waals surface area contributed by atoms with E-state index in [-0.39, 0.29) is 0 Å². The number of fused-ring (bicyclic) bond motifs is 1. The number of aliphatic carboxylic acids is 1. The van der Waals surface area contributed by atoms with Crippen molar-refractivity contribution in [3.8, 4) is 21.1 Å². The van der Waals surface area contributed by atoms with Crippen LogP contribution in [0.1, 0.15) is 5.56 Å². The zero-order valence-electron chi connectivity index (χ0n) is 17.7. The molecule has 0 amide bonds. The van der Waals surface area contributed by atoms with Gasteiger partial charge < -0.3 is 20.7 Å². The molecule has 0 radical (unpaired) electrons. The number of aromatic nitrogens is 2. The fourth-order valence-electron chi connectivity index (χ4n) is 2.97. The molecular formula is C23H23F3N4O2S. The number of H-pyrrole nitrogens is 1. The van der Waals surface area contributed by atoms with Crippen LogP contribution in [-0.2, 0) is 11.3 Å². The van der Waals surface area contributed by atoms with Crippen LogP contribution < -0.4 is 10.6 Å². The van der Waals surface area contributed by atoms with Crippen molar-refractivity contribution in [2.75, 3.05) is 20.1 Å². The van der Waals surface area contributed by atoms with Gasteiger partial charge in [0.25, 0.3) is 0 Å². The van der Waals surface area contributed by atoms with E-state index in [1.807, 2.05) is 25.2 Å². The van der Waals surface area contributed by atoms with E-state index in [1.54, 1.807) is 11.3 Å². The maximum atomic E-state index is 10.6. The number of nitrogens with zero attached hydrogens (tertiary/aromatic N) is 1. The van der Waals surface area contributed by atoms with Gasteiger partial charge in [0.1, 0.15) is 5.82 Å². The number of rotatable bonds is 7. The number of carboxylic acid groups (broad SMARTS) is 1. The van der Waals surface area contributed by atoms with Crippen LogP contribution >= 0.6 is 11.3 Å². The Bertz CT molecular complexity index is 1170. The predicted molar refractivity (Wildman–Crippen MR) is 124 cm³/mol. The van der Waals surface area contributed by atoms with E-state index in [4.69, 9.17) is 14.9 Å². The minimum absolute atomic E-state index is 0.886. The number of hydrogen-bond donors (Lipinski definition) is 4. The van der Waals surface area contributed by atoms with Crippen LogP contribution in [0.3, 0.4) is 0 Å². The number of benzene rings is 2. The lowest BCUT2D eigenvalue weighted by molar-refractivity contribution is -0.192. The number of likely N-dealkylation sites (N-methyl/N-ethyl adjacent to an activating group) is 1. The standard InChI is InChI=1S/C21H22N4S.C2HF3O2/c1-22-11-12-23-14-15-5-4-6-16(13-15)19-9-10-20(26-19)21-24-17-7-2-3-8-18(17)25-21;3-2(4,5)1(6)7/h2-10,13,22-23H,11-12,14H2,1H3,(H,24,25);(H,6,7). The van der Waals surface area contributed by atoms with Gasteiger partial charge in [0.05, 0.1) is 15.9 Å². The van der Waals surface area contributed by atoms with E-state index < -0.39 is 12.1 Å². The average molecular weight is 477 g/mol. The summed E-state index contributed by atoms with van der Waals surface area (Å²) < 4.78 is 31.7. The third-order valence-corrected chi connectivity index (χ3v) is 5.70. The van der Waals surface area contributed by atoms with E-state index in [2.05, 4.69) is 58.1 Å². The van der Waals surface area contributed by atoms with Crippen molar-refractivity contribution in [3.63, 3.8) is 0 Å². The molecule has 0 saturated carbocycles. The summed E-state index contributed by atoms with van der Waals surface area (Å²) in [5.74, 6) is -1.82. The van der Waals surface area contributed by atoms with Gasteiger partial charge in [0.15, 0.2) is 0 Å². The largest absolute Gasteiger partial charge is 0.490 e. The van der Waals surface area contributed by atoms with Gasteiger partial charge in [-0.3, -0.25) is 0 Å². The number of thiophene rings is 1. The van der Waals surface area contributed by atoms with Crippen LogP contribution in [0.25, 0.3) is 32.2 Å². The van der Waals surface area contributed by atoms with Gasteiger partial charge >= 0.3 is 12.1 Å². The Morgan fingerprint density at radius 1 is 1.06 bits per heavy atom. The highest BCUT2D eigenvalue weighted by Crippen LogP contribution is 2.34. The van der Waals surface area contributed by atoms with E-state index >= 15 is 0 Å². The topological polar surface area (TPSA) is 90.0 Å². The highest BCUT2D eigenvalue weighted by atomic mass is 32.1. The third kappa shape index (κ3) is 6.88. The third-order valence-electron chi connectivity index (χ3n) is 4.56. The molecule has 0 saturated heterocycles. The fraction of sp³-hybridized carbons (Fsp3) is 0.217. The average Bonchev–Trinajstić information content (AvgIpc) is 3.44. The number of imidazole rings is 1. The minimum atomic E-state index is -5.08. The second kappa shape index (κ2) is 11.1. The maximum Gasteiger partial charge on any atom is 0.490 e. The number of carboxylic acids is 1. The Labute approximate surface area is 192 Å². The second-order valence-corrected chi connectivity index (χ2v) is 8.13. The first kappa shape index (κ1) is 24.4. The number of carbonyl (C=O) groups is 1. The summed E-state index contributed by atoms with van der Waals surface area (Å²) in [6.45, 7) is 2.83. The zero-order valence-corrected chi connectivity index (χ0v) is 18.6. The highest BCUT2D eigenvalue weighted by molar-refractivity contribution is 7.18. The molecule has 4 N–H and O–H groups in total. The molecule has 2 heterocycles. The maximum absolute atomic E-state index is 10.6. The zero-order chi connectivity index (χ0) is 23.8. The van der Waals surface area contributed by atoms with Crippen molar-refractivity contribution >= 4 is 28.3 Å². The van der Waals surface area contributed by atoms with Crippen molar-refractivity contribution in [1.29, 1.82) is 0 Å². The normalized spacial score (nSPS) is 11.3. The fourth-order valence-corrected chi connectivity index (χ4v) is 3.92. The lowest BCUT2D eigenvalue weighted by Crippen LogP contribution is -2.24. The molecule has 0 aliphatic heterocycles. The number of hydrogen-bond acceptors (Lipinski definition) is 5. The SMILES string of the molecule is CNCCNCc1cccc(-c2ccc(-c3nc4ccccc4[nH]3)s2)c1.O=C(O)C(F)(F)F. The quantitative estimate of drug-likeness (QED) is 0.285. The Hall–Kier alpha value is -3.21. The number of nitrogens with one attached hydrogen (secondary N) is 3. The Morgan fingerprint density at radius 2 is 1.79 bits per heavy atom. The molecule has 33 heavy (non-hydrogen) atoms. The first-order valence-corrected chi connectivity index (χ1v) is 10.9. The van der Waals surface area contributed by atoms with Gasteiger partial charge in [-0.25, -0.2) is 9.78 Å². The molecule has 0 bridgehead atoms. The Kier molecular flexibility index (Phi) is 8.21. The van der Waals surface area contributed by atoms with Crippen LogP contribution in [0.15, 0.2) is 60.7 Å². The van der Waals surface area contributed by atoms with E-state index in [9.17, 15) is 13.2 Å². The van der Waals surface area contributed by atoms with Crippen molar-refractivity contribution in [2.24, 2.45) is 0 Å². The lowest BCUT2D eigenvalue weighted by atomic mass is 10.1. The molecule has 2 aromatic carbocycles. The van der Waals surface area contributed by atoms with Crippen molar-refractivity contribution < 1.29 is 23.1 Å². The van der Waals surface area contributed by atoms with Crippen LogP contribution in [-0.4, -0.2) is 47.4 Å². The Morgan fingerprint density at radius 3 is 2.48 bits per heavy atom. The molecular weight excluding hydrogens is 453 g/mol. The summed E-state index contributed by atoms with van der Waals surface area (Å²) in [7, 11) is 1.97. The van der Waals surface area contributed by atoms with Crippen LogP contribution in [0.2, 0.25) is 0 Å². The first-order chi connectivity index (χ1) is 15.8. The molecule has 0 aliphatic rings. The van der Waals surface area contributed by atoms with Crippen LogP contribution in [0, 0.1) is 0 Å². The first-order valence-electron chi connectivity index (χ1n) is 10.1. The predicted octanol–water partition coefficient (Wildman–Crippen LogP) is 4.90. The van der Waals surface area contributed by atoms with Gasteiger partial charge in [0.2, 0.25) is 0 Å². The van der Waals surface area contributed by atoms with Gasteiger partial charge in [-0.1, -0.05) is 30.3 Å². The van der Waals surface area contributed by atoms with E-state index in [0.29, 0.717) is 0 Å². The number of aromatic amines is 1. The summed E-state index contributed by atoms with van der Waals surface area (Å²) in [6.07, 6.45) is -5.08. The summed E-state index contributed by atoms with van der Waals surface area (Å²) >= 11 is 1.77. The molecule has 0 unspecified atom stereocenters. The molecule has 6 nitrogen and oxygen atoms in total. The van der Waals surface area contributed by atoms with Gasteiger partial charge in [-0.2, -0.15) is 13.2 Å². The van der Waals surface area contributed by atoms with Crippen molar-refractivity contribution in [2.45, 2.75) is 12.7 Å². The highest BCUT2D eigenvalue weighted by Gasteiger charge is 2.38. The van der Waals surface area contributed by atoms with Crippen molar-refractivity contribution in [1.82, 2.24) is 20.6 Å². The van der Waals surface area contributed by atoms with Gasteiger partial charge in [-0.15, -0.1) is 11.3 Å². The summed E-state index contributed by atoms with van der Waals surface area (Å²) in [4.78, 5) is 19.4. The van der Waals surface area contributed by atoms with Crippen LogP contribution in [0.4, 0.5) is 13.2 Å². The van der Waals surface area contributed by atoms with Gasteiger partial charge in [0, 0.05) is 24.5 Å². The number of alkyl halides is 3. The second-order valence-electron chi connectivity index (χ2n) is 7.05. The number of para-hydroxylation sites is 2. The summed E-state index contributed by atoms with van der Waals surface area (Å²) in [5.41, 5.74) is 4.64. The smallest absolute Gasteiger partial charge is 0.475 e. The van der Waals surface area contributed by atoms with Crippen LogP contribution in [0.5, 0.6) is 0 Å². The molecule has 4 aromatic rings. The molecule has 174 valence electrons. The van der Waals surface area contributed by atoms with E-state index in [0.717, 1.165) is 41.4 Å².